The topological polar surface area (TPSA) is 53.2 Å². The van der Waals surface area contributed by atoms with Gasteiger partial charge >= 0.3 is 0 Å². The summed E-state index contributed by atoms with van der Waals surface area (Å²) in [6, 6.07) is 2.64. The van der Waals surface area contributed by atoms with Crippen LogP contribution < -0.4 is 5.56 Å². The number of hydrogen-bond donors (Lipinski definition) is 1. The number of H-pyrrole nitrogens is 1. The van der Waals surface area contributed by atoms with Gasteiger partial charge in [0.05, 0.1) is 6.54 Å². The molecule has 1 aromatic heterocycles. The van der Waals surface area contributed by atoms with E-state index in [9.17, 15) is 18.4 Å². The minimum atomic E-state index is -2.56. The van der Waals surface area contributed by atoms with Gasteiger partial charge < -0.3 is 9.88 Å². The van der Waals surface area contributed by atoms with Gasteiger partial charge in [-0.3, -0.25) is 9.59 Å². The maximum Gasteiger partial charge on any atom is 0.255 e. The van der Waals surface area contributed by atoms with Crippen LogP contribution in [-0.4, -0.2) is 34.8 Å². The lowest BCUT2D eigenvalue weighted by Gasteiger charge is -2.22. The van der Waals surface area contributed by atoms with Crippen molar-refractivity contribution in [2.45, 2.75) is 45.1 Å². The van der Waals surface area contributed by atoms with E-state index in [0.717, 1.165) is 12.8 Å². The Hall–Kier alpha value is -1.72. The molecule has 1 aromatic rings. The molecule has 1 amide bonds. The molecule has 0 saturated heterocycles. The van der Waals surface area contributed by atoms with E-state index in [-0.39, 0.29) is 23.1 Å². The summed E-state index contributed by atoms with van der Waals surface area (Å²) in [5, 5.41) is 0. The Bertz CT molecular complexity index is 550. The average Bonchev–Trinajstić information content (AvgIpc) is 3.18. The molecule has 1 fully saturated rings. The molecule has 2 rings (SSSR count). The van der Waals surface area contributed by atoms with Gasteiger partial charge in [0.15, 0.2) is 0 Å². The van der Waals surface area contributed by atoms with Crippen LogP contribution in [0.5, 0.6) is 0 Å². The summed E-state index contributed by atoms with van der Waals surface area (Å²) in [5.74, 6) is -0.430. The highest BCUT2D eigenvalue weighted by Gasteiger charge is 2.34. The molecule has 1 aliphatic rings. The molecule has 20 heavy (non-hydrogen) atoms. The number of hydrogen-bond acceptors (Lipinski definition) is 2. The van der Waals surface area contributed by atoms with Gasteiger partial charge in [-0.05, 0) is 24.8 Å². The van der Waals surface area contributed by atoms with Crippen molar-refractivity contribution >= 4 is 5.91 Å². The van der Waals surface area contributed by atoms with Gasteiger partial charge in [0.2, 0.25) is 5.56 Å². The molecule has 0 spiro atoms. The molecule has 0 unspecified atom stereocenters. The van der Waals surface area contributed by atoms with Gasteiger partial charge in [-0.1, -0.05) is 13.8 Å². The average molecular weight is 284 g/mol. The zero-order valence-corrected chi connectivity index (χ0v) is 11.5. The van der Waals surface area contributed by atoms with Crippen molar-refractivity contribution in [2.24, 2.45) is 0 Å². The van der Waals surface area contributed by atoms with Crippen molar-refractivity contribution in [3.05, 3.63) is 33.7 Å². The molecule has 6 heteroatoms. The van der Waals surface area contributed by atoms with Crippen LogP contribution in [0.1, 0.15) is 48.7 Å². The third-order valence-electron chi connectivity index (χ3n) is 3.32. The van der Waals surface area contributed by atoms with Gasteiger partial charge in [0.25, 0.3) is 12.3 Å². The molecule has 1 aliphatic carbocycles. The highest BCUT2D eigenvalue weighted by Crippen LogP contribution is 2.29. The number of carbonyl (C=O) groups is 1. The van der Waals surface area contributed by atoms with Gasteiger partial charge in [0, 0.05) is 23.4 Å². The molecule has 0 aromatic carbocycles. The normalized spacial score (nSPS) is 14.9. The third-order valence-corrected chi connectivity index (χ3v) is 3.32. The summed E-state index contributed by atoms with van der Waals surface area (Å²) in [6.45, 7) is 3.20. The smallest absolute Gasteiger partial charge is 0.255 e. The Balaban J connectivity index is 2.29. The predicted octanol–water partition coefficient (Wildman–Crippen LogP) is 2.37. The second-order valence-electron chi connectivity index (χ2n) is 5.42. The molecule has 1 N–H and O–H groups in total. The Labute approximate surface area is 115 Å². The molecule has 4 nitrogen and oxygen atoms in total. The van der Waals surface area contributed by atoms with E-state index in [0.29, 0.717) is 5.69 Å². The first-order chi connectivity index (χ1) is 9.38. The Morgan fingerprint density at radius 3 is 2.55 bits per heavy atom. The van der Waals surface area contributed by atoms with E-state index < -0.39 is 18.9 Å². The zero-order chi connectivity index (χ0) is 14.9. The van der Waals surface area contributed by atoms with Crippen molar-refractivity contribution in [3.8, 4) is 0 Å². The standard InChI is InChI=1S/C14H18F2N2O2/c1-8(2)11-5-9(6-13(19)17-11)14(20)18(7-12(15)16)10-3-4-10/h5-6,8,10,12H,3-4,7H2,1-2H3,(H,17,19). The van der Waals surface area contributed by atoms with Crippen LogP contribution in [0.25, 0.3) is 0 Å². The SMILES string of the molecule is CC(C)c1cc(C(=O)N(CC(F)F)C2CC2)cc(=O)[nH]1. The number of halogens is 2. The summed E-state index contributed by atoms with van der Waals surface area (Å²) in [4.78, 5) is 27.7. The van der Waals surface area contributed by atoms with E-state index in [2.05, 4.69) is 4.98 Å². The molecule has 110 valence electrons. The van der Waals surface area contributed by atoms with Crippen LogP contribution >= 0.6 is 0 Å². The van der Waals surface area contributed by atoms with Crippen molar-refractivity contribution in [1.29, 1.82) is 0 Å². The lowest BCUT2D eigenvalue weighted by molar-refractivity contribution is 0.0534. The molecule has 1 saturated carbocycles. The number of aromatic amines is 1. The molecular formula is C14H18F2N2O2. The first kappa shape index (κ1) is 14.7. The summed E-state index contributed by atoms with van der Waals surface area (Å²) < 4.78 is 25.1. The lowest BCUT2D eigenvalue weighted by Crippen LogP contribution is -2.37. The summed E-state index contributed by atoms with van der Waals surface area (Å²) >= 11 is 0. The van der Waals surface area contributed by atoms with Gasteiger partial charge in [-0.25, -0.2) is 8.78 Å². The van der Waals surface area contributed by atoms with Crippen LogP contribution in [0, 0.1) is 0 Å². The maximum atomic E-state index is 12.6. The number of carbonyl (C=O) groups excluding carboxylic acids is 1. The Morgan fingerprint density at radius 1 is 1.40 bits per heavy atom. The predicted molar refractivity (Wildman–Crippen MR) is 71.2 cm³/mol. The number of amides is 1. The number of rotatable bonds is 5. The van der Waals surface area contributed by atoms with E-state index in [1.165, 1.54) is 11.0 Å². The van der Waals surface area contributed by atoms with Crippen LogP contribution in [0.4, 0.5) is 8.78 Å². The van der Waals surface area contributed by atoms with E-state index in [1.807, 2.05) is 13.8 Å². The highest BCUT2D eigenvalue weighted by atomic mass is 19.3. The van der Waals surface area contributed by atoms with Gasteiger partial charge in [0.1, 0.15) is 0 Å². The summed E-state index contributed by atoms with van der Waals surface area (Å²) in [5.41, 5.74) is 0.436. The van der Waals surface area contributed by atoms with E-state index >= 15 is 0 Å². The summed E-state index contributed by atoms with van der Waals surface area (Å²) in [6.07, 6.45) is -1.07. The monoisotopic (exact) mass is 284 g/mol. The number of aromatic nitrogens is 1. The molecule has 0 aliphatic heterocycles. The quantitative estimate of drug-likeness (QED) is 0.902. The minimum Gasteiger partial charge on any atom is -0.330 e. The number of nitrogens with one attached hydrogen (secondary N) is 1. The number of pyridine rings is 1. The van der Waals surface area contributed by atoms with Gasteiger partial charge in [-0.2, -0.15) is 0 Å². The molecule has 0 radical (unpaired) electrons. The molecular weight excluding hydrogens is 266 g/mol. The first-order valence-corrected chi connectivity index (χ1v) is 6.72. The van der Waals surface area contributed by atoms with Crippen molar-refractivity contribution in [3.63, 3.8) is 0 Å². The van der Waals surface area contributed by atoms with Crippen molar-refractivity contribution < 1.29 is 13.6 Å². The fourth-order valence-electron chi connectivity index (χ4n) is 2.10. The van der Waals surface area contributed by atoms with E-state index in [1.54, 1.807) is 6.07 Å². The second-order valence-corrected chi connectivity index (χ2v) is 5.42. The summed E-state index contributed by atoms with van der Waals surface area (Å²) in [7, 11) is 0. The third kappa shape index (κ3) is 3.43. The minimum absolute atomic E-state index is 0.0555. The second kappa shape index (κ2) is 5.73. The lowest BCUT2D eigenvalue weighted by atomic mass is 10.1. The Morgan fingerprint density at radius 2 is 2.05 bits per heavy atom. The largest absolute Gasteiger partial charge is 0.330 e. The van der Waals surface area contributed by atoms with Crippen LogP contribution in [0.15, 0.2) is 16.9 Å². The first-order valence-electron chi connectivity index (χ1n) is 6.72. The van der Waals surface area contributed by atoms with Crippen LogP contribution in [0.3, 0.4) is 0 Å². The van der Waals surface area contributed by atoms with Crippen molar-refractivity contribution in [2.75, 3.05) is 6.54 Å². The number of alkyl halides is 2. The molecule has 0 bridgehead atoms. The zero-order valence-electron chi connectivity index (χ0n) is 11.5. The van der Waals surface area contributed by atoms with Crippen LogP contribution in [0.2, 0.25) is 0 Å². The number of nitrogens with zero attached hydrogens (tertiary/aromatic N) is 1. The van der Waals surface area contributed by atoms with E-state index in [4.69, 9.17) is 0 Å². The van der Waals surface area contributed by atoms with Crippen LogP contribution in [-0.2, 0) is 0 Å². The maximum absolute atomic E-state index is 12.6. The fraction of sp³-hybridized carbons (Fsp3) is 0.571. The molecule has 0 atom stereocenters. The highest BCUT2D eigenvalue weighted by molar-refractivity contribution is 5.94. The Kier molecular flexibility index (Phi) is 4.20. The van der Waals surface area contributed by atoms with Crippen molar-refractivity contribution in [1.82, 2.24) is 9.88 Å². The molecule has 1 heterocycles. The van der Waals surface area contributed by atoms with Gasteiger partial charge in [-0.15, -0.1) is 0 Å². The fourth-order valence-corrected chi connectivity index (χ4v) is 2.10.